The SMILES string of the molecule is C=C1CCC(N2C(=O)c3cccc(NCc4cnn(C5CCN(C(=O)CN(C)C)CC5)c4)c3C2=O)C(=O)N1. The highest BCUT2D eigenvalue weighted by atomic mass is 16.2. The number of amides is 4. The molecule has 2 N–H and O–H groups in total. The van der Waals surface area contributed by atoms with Gasteiger partial charge in [-0.25, -0.2) is 0 Å². The molecule has 1 aromatic heterocycles. The zero-order valence-electron chi connectivity index (χ0n) is 21.8. The number of aromatic nitrogens is 2. The Hall–Kier alpha value is -3.99. The van der Waals surface area contributed by atoms with Crippen LogP contribution in [0.5, 0.6) is 0 Å². The highest BCUT2D eigenvalue weighted by molar-refractivity contribution is 6.25. The first-order chi connectivity index (χ1) is 18.2. The smallest absolute Gasteiger partial charge is 0.264 e. The summed E-state index contributed by atoms with van der Waals surface area (Å²) in [5.74, 6) is -1.16. The zero-order chi connectivity index (χ0) is 27.0. The lowest BCUT2D eigenvalue weighted by molar-refractivity contribution is -0.133. The molecule has 2 fully saturated rings. The number of carbonyl (C=O) groups is 4. The van der Waals surface area contributed by atoms with Gasteiger partial charge in [-0.05, 0) is 51.9 Å². The number of allylic oxidation sites excluding steroid dienone is 1. The summed E-state index contributed by atoms with van der Waals surface area (Å²) in [5.41, 5.74) is 2.66. The minimum atomic E-state index is -0.844. The third-order valence-corrected chi connectivity index (χ3v) is 7.36. The number of likely N-dealkylation sites (tertiary alicyclic amines) is 1. The highest BCUT2D eigenvalue weighted by Crippen LogP contribution is 2.33. The number of nitrogens with one attached hydrogen (secondary N) is 2. The Morgan fingerprint density at radius 1 is 1.16 bits per heavy atom. The van der Waals surface area contributed by atoms with Crippen molar-refractivity contribution in [2.75, 3.05) is 39.0 Å². The molecule has 3 aliphatic rings. The molecular formula is C27H33N7O4. The molecule has 0 aliphatic carbocycles. The summed E-state index contributed by atoms with van der Waals surface area (Å²) in [4.78, 5) is 56.1. The monoisotopic (exact) mass is 519 g/mol. The van der Waals surface area contributed by atoms with E-state index < -0.39 is 17.9 Å². The third kappa shape index (κ3) is 4.93. The molecule has 0 bridgehead atoms. The maximum absolute atomic E-state index is 13.3. The first kappa shape index (κ1) is 25.7. The molecule has 5 rings (SSSR count). The van der Waals surface area contributed by atoms with Crippen molar-refractivity contribution in [2.24, 2.45) is 0 Å². The highest BCUT2D eigenvalue weighted by Gasteiger charge is 2.45. The number of carbonyl (C=O) groups excluding carboxylic acids is 4. The van der Waals surface area contributed by atoms with Crippen LogP contribution in [-0.2, 0) is 16.1 Å². The molecule has 0 radical (unpaired) electrons. The Bertz CT molecular complexity index is 1290. The number of likely N-dealkylation sites (N-methyl/N-ethyl adjacent to an activating group) is 1. The molecule has 1 atom stereocenters. The number of benzene rings is 1. The van der Waals surface area contributed by atoms with Crippen LogP contribution in [0.15, 0.2) is 42.9 Å². The average Bonchev–Trinajstić information content (AvgIpc) is 3.46. The first-order valence-electron chi connectivity index (χ1n) is 12.9. The first-order valence-corrected chi connectivity index (χ1v) is 12.9. The summed E-state index contributed by atoms with van der Waals surface area (Å²) >= 11 is 0. The van der Waals surface area contributed by atoms with Crippen LogP contribution in [-0.4, -0.2) is 87.9 Å². The summed E-state index contributed by atoms with van der Waals surface area (Å²) in [7, 11) is 3.79. The Labute approximate surface area is 221 Å². The van der Waals surface area contributed by atoms with Crippen LogP contribution >= 0.6 is 0 Å². The van der Waals surface area contributed by atoms with E-state index >= 15 is 0 Å². The molecule has 38 heavy (non-hydrogen) atoms. The van der Waals surface area contributed by atoms with Crippen LogP contribution < -0.4 is 10.6 Å². The van der Waals surface area contributed by atoms with Gasteiger partial charge in [0, 0.05) is 42.8 Å². The number of hydrogen-bond acceptors (Lipinski definition) is 7. The van der Waals surface area contributed by atoms with E-state index in [0.29, 0.717) is 56.0 Å². The van der Waals surface area contributed by atoms with E-state index in [1.807, 2.05) is 34.8 Å². The molecular weight excluding hydrogens is 486 g/mol. The van der Waals surface area contributed by atoms with E-state index in [9.17, 15) is 19.2 Å². The Kier molecular flexibility index (Phi) is 7.02. The normalized spacial score (nSPS) is 20.2. The molecule has 2 aromatic rings. The Morgan fingerprint density at radius 2 is 1.92 bits per heavy atom. The van der Waals surface area contributed by atoms with Gasteiger partial charge >= 0.3 is 0 Å². The zero-order valence-corrected chi connectivity index (χ0v) is 21.8. The summed E-state index contributed by atoms with van der Waals surface area (Å²) in [6.07, 6.45) is 6.34. The van der Waals surface area contributed by atoms with Gasteiger partial charge in [0.1, 0.15) is 6.04 Å². The van der Waals surface area contributed by atoms with Gasteiger partial charge in [0.25, 0.3) is 11.8 Å². The molecule has 11 nitrogen and oxygen atoms in total. The summed E-state index contributed by atoms with van der Waals surface area (Å²) in [6.45, 7) is 6.02. The maximum atomic E-state index is 13.3. The van der Waals surface area contributed by atoms with Crippen molar-refractivity contribution in [2.45, 2.75) is 44.3 Å². The van der Waals surface area contributed by atoms with Crippen LogP contribution in [0, 0.1) is 0 Å². The van der Waals surface area contributed by atoms with Gasteiger partial charge in [-0.1, -0.05) is 12.6 Å². The maximum Gasteiger partial charge on any atom is 0.264 e. The van der Waals surface area contributed by atoms with E-state index in [-0.39, 0.29) is 23.4 Å². The number of nitrogens with zero attached hydrogens (tertiary/aromatic N) is 5. The molecule has 2 saturated heterocycles. The molecule has 4 amide bonds. The molecule has 200 valence electrons. The number of hydrogen-bond donors (Lipinski definition) is 2. The lowest BCUT2D eigenvalue weighted by Crippen LogP contribution is -2.51. The second-order valence-corrected chi connectivity index (χ2v) is 10.4. The molecule has 4 heterocycles. The van der Waals surface area contributed by atoms with Crippen molar-refractivity contribution in [1.29, 1.82) is 0 Å². The minimum Gasteiger partial charge on any atom is -0.380 e. The van der Waals surface area contributed by atoms with E-state index in [1.54, 1.807) is 24.4 Å². The number of piperidine rings is 2. The van der Waals surface area contributed by atoms with E-state index in [2.05, 4.69) is 22.3 Å². The molecule has 11 heteroatoms. The summed E-state index contributed by atoms with van der Waals surface area (Å²) in [5, 5.41) is 10.5. The van der Waals surface area contributed by atoms with Crippen LogP contribution in [0.4, 0.5) is 5.69 Å². The largest absolute Gasteiger partial charge is 0.380 e. The Balaban J connectivity index is 1.22. The fourth-order valence-electron chi connectivity index (χ4n) is 5.36. The molecule has 3 aliphatic heterocycles. The number of fused-ring (bicyclic) bond motifs is 1. The minimum absolute atomic E-state index is 0.148. The number of rotatable bonds is 7. The van der Waals surface area contributed by atoms with E-state index in [1.165, 1.54) is 0 Å². The van der Waals surface area contributed by atoms with E-state index in [0.717, 1.165) is 23.3 Å². The second-order valence-electron chi connectivity index (χ2n) is 10.4. The topological polar surface area (TPSA) is 120 Å². The van der Waals surface area contributed by atoms with Crippen molar-refractivity contribution in [3.05, 3.63) is 59.6 Å². The second kappa shape index (κ2) is 10.4. The molecule has 0 spiro atoms. The van der Waals surface area contributed by atoms with Crippen molar-refractivity contribution in [1.82, 2.24) is 29.8 Å². The summed E-state index contributed by atoms with van der Waals surface area (Å²) in [6, 6.07) is 4.49. The predicted molar refractivity (Wildman–Crippen MR) is 140 cm³/mol. The summed E-state index contributed by atoms with van der Waals surface area (Å²) < 4.78 is 1.95. The standard InChI is InChI=1S/C27H33N7O4/c1-17-7-8-22(25(36)30-17)34-26(37)20-5-4-6-21(24(20)27(34)38)28-13-18-14-29-33(15-18)19-9-11-32(12-10-19)23(35)16-31(2)3/h4-6,14-15,19,22,28H,1,7-13,16H2,2-3H3,(H,30,36). The van der Waals surface area contributed by atoms with Gasteiger partial charge in [-0.2, -0.15) is 5.10 Å². The lowest BCUT2D eigenvalue weighted by atomic mass is 10.0. The Morgan fingerprint density at radius 3 is 2.63 bits per heavy atom. The van der Waals surface area contributed by atoms with E-state index in [4.69, 9.17) is 0 Å². The van der Waals surface area contributed by atoms with Crippen molar-refractivity contribution >= 4 is 29.3 Å². The fourth-order valence-corrected chi connectivity index (χ4v) is 5.36. The van der Waals surface area contributed by atoms with Crippen molar-refractivity contribution < 1.29 is 19.2 Å². The van der Waals surface area contributed by atoms with Crippen LogP contribution in [0.3, 0.4) is 0 Å². The molecule has 1 unspecified atom stereocenters. The van der Waals surface area contributed by atoms with Gasteiger partial charge in [0.2, 0.25) is 11.8 Å². The number of anilines is 1. The van der Waals surface area contributed by atoms with Crippen LogP contribution in [0.2, 0.25) is 0 Å². The molecule has 0 saturated carbocycles. The van der Waals surface area contributed by atoms with Crippen LogP contribution in [0.1, 0.15) is 58.0 Å². The van der Waals surface area contributed by atoms with Gasteiger partial charge < -0.3 is 20.4 Å². The van der Waals surface area contributed by atoms with Crippen molar-refractivity contribution in [3.8, 4) is 0 Å². The van der Waals surface area contributed by atoms with Gasteiger partial charge in [-0.15, -0.1) is 0 Å². The van der Waals surface area contributed by atoms with Gasteiger partial charge in [0.05, 0.1) is 29.9 Å². The van der Waals surface area contributed by atoms with Gasteiger partial charge in [0.15, 0.2) is 0 Å². The van der Waals surface area contributed by atoms with Crippen molar-refractivity contribution in [3.63, 3.8) is 0 Å². The molecule has 1 aromatic carbocycles. The predicted octanol–water partition coefficient (Wildman–Crippen LogP) is 1.61. The lowest BCUT2D eigenvalue weighted by Gasteiger charge is -2.32. The van der Waals surface area contributed by atoms with Gasteiger partial charge in [-0.3, -0.25) is 28.8 Å². The quantitative estimate of drug-likeness (QED) is 0.534. The fraction of sp³-hybridized carbons (Fsp3) is 0.444. The van der Waals surface area contributed by atoms with Crippen LogP contribution in [0.25, 0.3) is 0 Å². The third-order valence-electron chi connectivity index (χ3n) is 7.36. The number of imide groups is 1. The average molecular weight is 520 g/mol.